The standard InChI is InChI=1S/C26H16Cl2N6O/c27-16-7-11-18(12-8-16)31-32-25-23(26(35)34(33-25)19-13-9-17(28)10-14-19)24-29-20-5-1-3-15-4-2-6-21(30-24)22(15)20/h1-14,33H,(H,29,30). The molecule has 0 bridgehead atoms. The van der Waals surface area contributed by atoms with Gasteiger partial charge >= 0.3 is 0 Å². The number of nitrogens with one attached hydrogen (secondary N) is 2. The summed E-state index contributed by atoms with van der Waals surface area (Å²) in [5.74, 6) is 0.646. The van der Waals surface area contributed by atoms with Crippen molar-refractivity contribution in [3.63, 3.8) is 0 Å². The number of aliphatic imine (C=N–C) groups is 1. The van der Waals surface area contributed by atoms with E-state index in [9.17, 15) is 4.79 Å². The molecule has 0 saturated heterocycles. The molecule has 0 amide bonds. The molecule has 1 aliphatic rings. The van der Waals surface area contributed by atoms with Gasteiger partial charge in [-0.25, -0.2) is 9.67 Å². The summed E-state index contributed by atoms with van der Waals surface area (Å²) >= 11 is 12.0. The fraction of sp³-hybridized carbons (Fsp3) is 0. The Morgan fingerprint density at radius 3 is 2.23 bits per heavy atom. The largest absolute Gasteiger partial charge is 0.339 e. The van der Waals surface area contributed by atoms with Gasteiger partial charge in [0.15, 0.2) is 5.82 Å². The van der Waals surface area contributed by atoms with Crippen molar-refractivity contribution in [2.45, 2.75) is 0 Å². The lowest BCUT2D eigenvalue weighted by atomic mass is 10.0. The molecule has 0 aliphatic carbocycles. The molecule has 1 aromatic heterocycles. The Labute approximate surface area is 209 Å². The van der Waals surface area contributed by atoms with Gasteiger partial charge in [-0.05, 0) is 66.0 Å². The van der Waals surface area contributed by atoms with Crippen LogP contribution in [0.4, 0.5) is 22.9 Å². The maximum atomic E-state index is 13.6. The van der Waals surface area contributed by atoms with Gasteiger partial charge in [0.1, 0.15) is 11.4 Å². The smallest absolute Gasteiger partial charge is 0.284 e. The lowest BCUT2D eigenvalue weighted by Crippen LogP contribution is -2.25. The monoisotopic (exact) mass is 498 g/mol. The molecule has 0 atom stereocenters. The van der Waals surface area contributed by atoms with Gasteiger partial charge in [0.2, 0.25) is 0 Å². The van der Waals surface area contributed by atoms with E-state index < -0.39 is 0 Å². The van der Waals surface area contributed by atoms with E-state index in [0.29, 0.717) is 27.3 Å². The number of hydrogen-bond acceptors (Lipinski definition) is 5. The van der Waals surface area contributed by atoms with Gasteiger partial charge in [-0.2, -0.15) is 0 Å². The first kappa shape index (κ1) is 21.3. The lowest BCUT2D eigenvalue weighted by Gasteiger charge is -2.18. The summed E-state index contributed by atoms with van der Waals surface area (Å²) in [7, 11) is 0. The number of H-pyrrole nitrogens is 1. The second kappa shape index (κ2) is 8.54. The number of rotatable bonds is 4. The SMILES string of the molecule is O=c1c(C2=Nc3cccc4cccc(c34)N2)c(N=Nc2ccc(Cl)cc2)[nH]n1-c1ccc(Cl)cc1. The number of aromatic nitrogens is 2. The number of halogens is 2. The van der Waals surface area contributed by atoms with Crippen LogP contribution in [-0.4, -0.2) is 15.6 Å². The molecule has 6 rings (SSSR count). The first-order valence-corrected chi connectivity index (χ1v) is 11.5. The molecule has 0 saturated carbocycles. The van der Waals surface area contributed by atoms with E-state index in [2.05, 4.69) is 20.6 Å². The molecule has 0 spiro atoms. The van der Waals surface area contributed by atoms with Crippen molar-refractivity contribution in [1.29, 1.82) is 0 Å². The Hall–Kier alpha value is -4.20. The summed E-state index contributed by atoms with van der Waals surface area (Å²) in [5.41, 5.74) is 2.77. The highest BCUT2D eigenvalue weighted by atomic mass is 35.5. The highest BCUT2D eigenvalue weighted by Crippen LogP contribution is 2.37. The van der Waals surface area contributed by atoms with Gasteiger partial charge in [0, 0.05) is 21.1 Å². The third kappa shape index (κ3) is 3.90. The molecule has 0 unspecified atom stereocenters. The zero-order valence-electron chi connectivity index (χ0n) is 18.0. The van der Waals surface area contributed by atoms with Crippen LogP contribution in [0.25, 0.3) is 16.5 Å². The van der Waals surface area contributed by atoms with Crippen molar-refractivity contribution >= 4 is 62.7 Å². The Bertz CT molecular complexity index is 1690. The molecule has 0 radical (unpaired) electrons. The van der Waals surface area contributed by atoms with E-state index in [-0.39, 0.29) is 16.9 Å². The highest BCUT2D eigenvalue weighted by Gasteiger charge is 2.24. The van der Waals surface area contributed by atoms with Gasteiger partial charge in [0.25, 0.3) is 5.56 Å². The van der Waals surface area contributed by atoms with Crippen molar-refractivity contribution < 1.29 is 0 Å². The molecular formula is C26H16Cl2N6O. The van der Waals surface area contributed by atoms with Gasteiger partial charge < -0.3 is 5.32 Å². The number of hydrogen-bond donors (Lipinski definition) is 2. The number of amidine groups is 1. The van der Waals surface area contributed by atoms with Crippen LogP contribution < -0.4 is 10.9 Å². The molecule has 0 fully saturated rings. The number of aromatic amines is 1. The third-order valence-corrected chi connectivity index (χ3v) is 6.16. The topological polar surface area (TPSA) is 86.9 Å². The Kier molecular flexibility index (Phi) is 5.21. The van der Waals surface area contributed by atoms with Crippen LogP contribution in [0.15, 0.2) is 105 Å². The van der Waals surface area contributed by atoms with Crippen LogP contribution >= 0.6 is 23.2 Å². The van der Waals surface area contributed by atoms with Crippen LogP contribution in [0.3, 0.4) is 0 Å². The molecule has 2 N–H and O–H groups in total. The Morgan fingerprint density at radius 2 is 1.49 bits per heavy atom. The van der Waals surface area contributed by atoms with Gasteiger partial charge in [0.05, 0.1) is 17.1 Å². The minimum Gasteiger partial charge on any atom is -0.339 e. The molecule has 1 aliphatic heterocycles. The predicted octanol–water partition coefficient (Wildman–Crippen LogP) is 7.54. The second-order valence-electron chi connectivity index (χ2n) is 7.90. The molecule has 170 valence electrons. The predicted molar refractivity (Wildman–Crippen MR) is 141 cm³/mol. The number of anilines is 1. The number of benzene rings is 4. The van der Waals surface area contributed by atoms with Crippen LogP contribution in [0.5, 0.6) is 0 Å². The quantitative estimate of drug-likeness (QED) is 0.250. The zero-order chi connectivity index (χ0) is 23.9. The average molecular weight is 499 g/mol. The normalized spacial score (nSPS) is 12.7. The first-order valence-electron chi connectivity index (χ1n) is 10.7. The summed E-state index contributed by atoms with van der Waals surface area (Å²) < 4.78 is 1.40. The van der Waals surface area contributed by atoms with Crippen LogP contribution in [0.1, 0.15) is 5.56 Å². The molecule has 4 aromatic carbocycles. The minimum absolute atomic E-state index is 0.262. The van der Waals surface area contributed by atoms with Crippen molar-refractivity contribution in [3.8, 4) is 5.69 Å². The Morgan fingerprint density at radius 1 is 0.800 bits per heavy atom. The summed E-state index contributed by atoms with van der Waals surface area (Å²) in [4.78, 5) is 18.4. The molecule has 2 heterocycles. The molecule has 9 heteroatoms. The van der Waals surface area contributed by atoms with Crippen LogP contribution in [0, 0.1) is 0 Å². The number of azo groups is 1. The van der Waals surface area contributed by atoms with Crippen molar-refractivity contribution in [2.75, 3.05) is 5.32 Å². The van der Waals surface area contributed by atoms with Crippen molar-refractivity contribution in [3.05, 3.63) is 111 Å². The fourth-order valence-electron chi connectivity index (χ4n) is 4.01. The fourth-order valence-corrected chi connectivity index (χ4v) is 4.26. The second-order valence-corrected chi connectivity index (χ2v) is 8.77. The van der Waals surface area contributed by atoms with Crippen molar-refractivity contribution in [1.82, 2.24) is 9.78 Å². The molecule has 35 heavy (non-hydrogen) atoms. The lowest BCUT2D eigenvalue weighted by molar-refractivity contribution is 0.845. The zero-order valence-corrected chi connectivity index (χ0v) is 19.5. The molecular weight excluding hydrogens is 483 g/mol. The Balaban J connectivity index is 1.52. The maximum absolute atomic E-state index is 13.6. The van der Waals surface area contributed by atoms with E-state index in [1.807, 2.05) is 36.4 Å². The maximum Gasteiger partial charge on any atom is 0.284 e. The summed E-state index contributed by atoms with van der Waals surface area (Å²) in [6.07, 6.45) is 0. The van der Waals surface area contributed by atoms with Gasteiger partial charge in [-0.3, -0.25) is 9.89 Å². The van der Waals surface area contributed by atoms with Crippen LogP contribution in [-0.2, 0) is 0 Å². The van der Waals surface area contributed by atoms with E-state index in [0.717, 1.165) is 22.1 Å². The van der Waals surface area contributed by atoms with Gasteiger partial charge in [-0.1, -0.05) is 47.5 Å². The minimum atomic E-state index is -0.324. The highest BCUT2D eigenvalue weighted by molar-refractivity contribution is 6.30. The summed E-state index contributed by atoms with van der Waals surface area (Å²) in [6, 6.07) is 25.7. The summed E-state index contributed by atoms with van der Waals surface area (Å²) in [6.45, 7) is 0. The van der Waals surface area contributed by atoms with E-state index in [1.54, 1.807) is 48.5 Å². The first-order chi connectivity index (χ1) is 17.1. The third-order valence-electron chi connectivity index (χ3n) is 5.65. The molecule has 7 nitrogen and oxygen atoms in total. The van der Waals surface area contributed by atoms with Gasteiger partial charge in [-0.15, -0.1) is 10.2 Å². The summed E-state index contributed by atoms with van der Waals surface area (Å²) in [5, 5.41) is 18.3. The van der Waals surface area contributed by atoms with E-state index in [1.165, 1.54) is 4.68 Å². The van der Waals surface area contributed by atoms with E-state index >= 15 is 0 Å². The van der Waals surface area contributed by atoms with E-state index in [4.69, 9.17) is 28.2 Å². The number of nitrogens with zero attached hydrogens (tertiary/aromatic N) is 4. The van der Waals surface area contributed by atoms with Crippen molar-refractivity contribution in [2.24, 2.45) is 15.2 Å². The average Bonchev–Trinajstić information content (AvgIpc) is 3.20. The molecule has 5 aromatic rings. The van der Waals surface area contributed by atoms with Crippen LogP contribution in [0.2, 0.25) is 10.0 Å².